The zero-order chi connectivity index (χ0) is 24.5. The molecule has 34 heavy (non-hydrogen) atoms. The fourth-order valence-corrected chi connectivity index (χ4v) is 3.20. The zero-order valence-corrected chi connectivity index (χ0v) is 17.7. The number of carboxylic acid groups (broad SMARTS) is 1. The number of aromatic carboxylic acids is 1. The predicted molar refractivity (Wildman–Crippen MR) is 117 cm³/mol. The van der Waals surface area contributed by atoms with Crippen molar-refractivity contribution in [2.75, 3.05) is 16.4 Å². The van der Waals surface area contributed by atoms with Crippen molar-refractivity contribution in [1.82, 2.24) is 25.0 Å². The number of nitrogens with one attached hydrogen (secondary N) is 2. The molecule has 0 unspecified atom stereocenters. The molecule has 0 aliphatic carbocycles. The number of carboxylic acids is 1. The van der Waals surface area contributed by atoms with E-state index in [-0.39, 0.29) is 22.7 Å². The summed E-state index contributed by atoms with van der Waals surface area (Å²) in [6, 6.07) is 10.9. The van der Waals surface area contributed by atoms with Crippen molar-refractivity contribution >= 4 is 45.3 Å². The largest absolute Gasteiger partial charge is 0.474 e. The van der Waals surface area contributed by atoms with Crippen LogP contribution >= 0.6 is 0 Å². The Hall–Kier alpha value is -4.83. The van der Waals surface area contributed by atoms with Gasteiger partial charge in [-0.05, 0) is 48.5 Å². The van der Waals surface area contributed by atoms with Gasteiger partial charge in [-0.1, -0.05) is 0 Å². The first-order chi connectivity index (χ1) is 16.1. The Bertz CT molecular complexity index is 1480. The molecule has 1 amide bonds. The van der Waals surface area contributed by atoms with Crippen molar-refractivity contribution in [2.24, 2.45) is 5.14 Å². The maximum absolute atomic E-state index is 12.5. The number of nitrogen functional groups attached to an aromatic ring is 1. The van der Waals surface area contributed by atoms with Gasteiger partial charge in [-0.3, -0.25) is 0 Å². The van der Waals surface area contributed by atoms with Crippen LogP contribution in [0.3, 0.4) is 0 Å². The van der Waals surface area contributed by atoms with E-state index in [4.69, 9.17) is 20.4 Å². The summed E-state index contributed by atoms with van der Waals surface area (Å²) < 4.78 is 28.5. The van der Waals surface area contributed by atoms with Crippen LogP contribution in [-0.4, -0.2) is 50.5 Å². The van der Waals surface area contributed by atoms with E-state index in [1.165, 1.54) is 48.5 Å². The summed E-state index contributed by atoms with van der Waals surface area (Å²) >= 11 is 0. The summed E-state index contributed by atoms with van der Waals surface area (Å²) in [4.78, 5) is 27.3. The molecule has 2 heterocycles. The van der Waals surface area contributed by atoms with E-state index in [1.807, 2.05) is 0 Å². The van der Waals surface area contributed by atoms with Crippen LogP contribution in [0, 0.1) is 0 Å². The maximum Gasteiger partial charge on any atom is 0.393 e. The normalized spacial score (nSPS) is 11.2. The van der Waals surface area contributed by atoms with Crippen molar-refractivity contribution in [1.29, 1.82) is 0 Å². The Morgan fingerprint density at radius 2 is 1.65 bits per heavy atom. The average Bonchev–Trinajstić information content (AvgIpc) is 3.41. The third-order valence-corrected chi connectivity index (χ3v) is 5.18. The molecule has 4 aromatic rings. The van der Waals surface area contributed by atoms with Crippen LogP contribution in [0.25, 0.3) is 11.5 Å². The van der Waals surface area contributed by atoms with Crippen molar-refractivity contribution in [2.45, 2.75) is 4.90 Å². The molecule has 0 saturated carbocycles. The quantitative estimate of drug-likeness (QED) is 0.258. The summed E-state index contributed by atoms with van der Waals surface area (Å²) in [7, 11) is -3.83. The number of anilines is 4. The Kier molecular flexibility index (Phi) is 5.66. The van der Waals surface area contributed by atoms with Crippen LogP contribution in [0.2, 0.25) is 0 Å². The molecule has 0 saturated heterocycles. The topological polar surface area (TPSA) is 234 Å². The number of benzene rings is 2. The highest BCUT2D eigenvalue weighted by molar-refractivity contribution is 7.89. The Morgan fingerprint density at radius 3 is 2.24 bits per heavy atom. The molecular formula is C18H15N9O6S. The minimum atomic E-state index is -3.83. The number of amides is 1. The molecule has 16 heteroatoms. The number of hydrogen-bond donors (Lipinski definition) is 5. The third-order valence-electron chi connectivity index (χ3n) is 4.25. The molecule has 0 aliphatic rings. The number of nitrogens with two attached hydrogens (primary N) is 2. The second kappa shape index (κ2) is 8.60. The van der Waals surface area contributed by atoms with E-state index in [0.29, 0.717) is 16.9 Å². The lowest BCUT2D eigenvalue weighted by molar-refractivity contribution is 0.0654. The summed E-state index contributed by atoms with van der Waals surface area (Å²) in [6.45, 7) is 0. The van der Waals surface area contributed by atoms with Crippen LogP contribution in [0.15, 0.2) is 57.8 Å². The molecule has 0 fully saturated rings. The number of nitrogens with zero attached hydrogens (tertiary/aromatic N) is 5. The number of aromatic nitrogens is 5. The highest BCUT2D eigenvalue weighted by Crippen LogP contribution is 2.21. The summed E-state index contributed by atoms with van der Waals surface area (Å²) in [5.41, 5.74) is 7.03. The number of rotatable bonds is 6. The number of carbonyl (C=O) groups excluding carboxylic acids is 1. The third kappa shape index (κ3) is 4.81. The smallest absolute Gasteiger partial charge is 0.393 e. The highest BCUT2D eigenvalue weighted by atomic mass is 32.2. The summed E-state index contributed by atoms with van der Waals surface area (Å²) in [5, 5.41) is 30.3. The molecule has 0 spiro atoms. The minimum Gasteiger partial charge on any atom is -0.474 e. The van der Waals surface area contributed by atoms with Gasteiger partial charge in [0.1, 0.15) is 0 Å². The van der Waals surface area contributed by atoms with Crippen LogP contribution < -0.4 is 21.5 Å². The summed E-state index contributed by atoms with van der Waals surface area (Å²) in [5.74, 6) is -2.09. The minimum absolute atomic E-state index is 0.00279. The molecule has 0 bridgehead atoms. The fraction of sp³-hybridized carbons (Fsp3) is 0. The first kappa shape index (κ1) is 22.4. The second-order valence-electron chi connectivity index (χ2n) is 6.62. The molecule has 4 rings (SSSR count). The Labute approximate surface area is 190 Å². The van der Waals surface area contributed by atoms with Gasteiger partial charge in [0, 0.05) is 16.9 Å². The molecule has 0 aliphatic heterocycles. The second-order valence-corrected chi connectivity index (χ2v) is 8.19. The van der Waals surface area contributed by atoms with Gasteiger partial charge in [0.15, 0.2) is 0 Å². The van der Waals surface area contributed by atoms with E-state index >= 15 is 0 Å². The van der Waals surface area contributed by atoms with Gasteiger partial charge in [0.25, 0.3) is 0 Å². The van der Waals surface area contributed by atoms with Crippen molar-refractivity contribution in [3.05, 3.63) is 54.4 Å². The Balaban J connectivity index is 1.44. The highest BCUT2D eigenvalue weighted by Gasteiger charge is 2.17. The lowest BCUT2D eigenvalue weighted by atomic mass is 10.2. The predicted octanol–water partition coefficient (Wildman–Crippen LogP) is 1.08. The summed E-state index contributed by atoms with van der Waals surface area (Å²) in [6.07, 6.45) is 0. The molecule has 2 aromatic carbocycles. The standard InChI is InChI=1S/C18H15N9O6S/c19-16-23-17(21-10-5-7-12(8-6-10)34(20,31)32)26-27(16)18(30)22-11-3-1-9(2-4-11)13-24-25-14(33-13)15(28)29/h1-8H,(H,22,30)(H,28,29)(H2,20,31,32)(H3,19,21,23,26). The number of primary sulfonamides is 1. The maximum atomic E-state index is 12.5. The van der Waals surface area contributed by atoms with Crippen LogP contribution in [0.4, 0.5) is 28.1 Å². The molecule has 0 radical (unpaired) electrons. The van der Waals surface area contributed by atoms with Gasteiger partial charge in [-0.15, -0.1) is 20.0 Å². The zero-order valence-electron chi connectivity index (χ0n) is 16.9. The monoisotopic (exact) mass is 485 g/mol. The molecule has 7 N–H and O–H groups in total. The molecule has 15 nitrogen and oxygen atoms in total. The van der Waals surface area contributed by atoms with Gasteiger partial charge < -0.3 is 25.9 Å². The first-order valence-electron chi connectivity index (χ1n) is 9.21. The molecular weight excluding hydrogens is 470 g/mol. The van der Waals surface area contributed by atoms with Crippen LogP contribution in [-0.2, 0) is 10.0 Å². The van der Waals surface area contributed by atoms with Gasteiger partial charge in [0.2, 0.25) is 27.8 Å². The van der Waals surface area contributed by atoms with E-state index in [0.717, 1.165) is 4.68 Å². The van der Waals surface area contributed by atoms with Crippen LogP contribution in [0.5, 0.6) is 0 Å². The van der Waals surface area contributed by atoms with E-state index in [2.05, 4.69) is 30.9 Å². The van der Waals surface area contributed by atoms with Gasteiger partial charge in [0.05, 0.1) is 4.90 Å². The number of hydrogen-bond acceptors (Lipinski definition) is 11. The number of carbonyl (C=O) groups is 2. The average molecular weight is 485 g/mol. The lowest BCUT2D eigenvalue weighted by Crippen LogP contribution is -2.22. The van der Waals surface area contributed by atoms with Gasteiger partial charge >= 0.3 is 17.9 Å². The Morgan fingerprint density at radius 1 is 1.00 bits per heavy atom. The lowest BCUT2D eigenvalue weighted by Gasteiger charge is -2.06. The van der Waals surface area contributed by atoms with Gasteiger partial charge in [-0.2, -0.15) is 4.98 Å². The van der Waals surface area contributed by atoms with E-state index in [9.17, 15) is 18.0 Å². The van der Waals surface area contributed by atoms with E-state index < -0.39 is 27.9 Å². The fourth-order valence-electron chi connectivity index (χ4n) is 2.68. The number of sulfonamides is 1. The SMILES string of the molecule is Nc1nc(Nc2ccc(S(N)(=O)=O)cc2)nn1C(=O)Nc1ccc(-c2nnc(C(=O)O)o2)cc1. The molecule has 174 valence electrons. The van der Waals surface area contributed by atoms with E-state index in [1.54, 1.807) is 0 Å². The van der Waals surface area contributed by atoms with Crippen molar-refractivity contribution in [3.63, 3.8) is 0 Å². The van der Waals surface area contributed by atoms with Crippen molar-refractivity contribution in [3.8, 4) is 11.5 Å². The first-order valence-corrected chi connectivity index (χ1v) is 10.8. The molecule has 0 atom stereocenters. The molecule has 2 aromatic heterocycles. The van der Waals surface area contributed by atoms with Crippen molar-refractivity contribution < 1.29 is 27.5 Å². The van der Waals surface area contributed by atoms with Crippen LogP contribution in [0.1, 0.15) is 10.7 Å². The van der Waals surface area contributed by atoms with Gasteiger partial charge in [-0.25, -0.2) is 23.1 Å².